The van der Waals surface area contributed by atoms with Gasteiger partial charge >= 0.3 is 57.4 Å². The molecule has 1 aliphatic heterocycles. The first-order valence-electron chi connectivity index (χ1n) is 9.25. The number of nitrogens with zero attached hydrogens (tertiary/aromatic N) is 1. The van der Waals surface area contributed by atoms with Gasteiger partial charge in [-0.1, -0.05) is 19.1 Å². The van der Waals surface area contributed by atoms with Crippen molar-refractivity contribution in [2.75, 3.05) is 12.9 Å². The Morgan fingerprint density at radius 2 is 1.83 bits per heavy atom. The first-order valence-corrected chi connectivity index (χ1v) is 11.1. The summed E-state index contributed by atoms with van der Waals surface area (Å²) in [4.78, 5) is 15.6. The van der Waals surface area contributed by atoms with E-state index in [-0.39, 0.29) is 74.0 Å². The predicted octanol–water partition coefficient (Wildman–Crippen LogP) is 1.62. The third-order valence-electron chi connectivity index (χ3n) is 4.60. The molecule has 0 aromatic heterocycles. The van der Waals surface area contributed by atoms with E-state index in [0.717, 1.165) is 6.26 Å². The van der Waals surface area contributed by atoms with Crippen LogP contribution < -0.4 is 0 Å². The Labute approximate surface area is 219 Å². The summed E-state index contributed by atoms with van der Waals surface area (Å²) in [5, 5.41) is 18.6. The molecule has 1 heterocycles. The quantitative estimate of drug-likeness (QED) is 0.559. The van der Waals surface area contributed by atoms with Gasteiger partial charge in [0.25, 0.3) is 5.90 Å². The molecule has 10 heteroatoms. The van der Waals surface area contributed by atoms with Gasteiger partial charge in [0, 0.05) is 6.26 Å². The van der Waals surface area contributed by atoms with E-state index in [0.29, 0.717) is 17.6 Å². The van der Waals surface area contributed by atoms with E-state index in [1.807, 2.05) is 27.7 Å². The minimum absolute atomic E-state index is 0. The van der Waals surface area contributed by atoms with Crippen molar-refractivity contribution >= 4 is 78.7 Å². The predicted molar refractivity (Wildman–Crippen MR) is 116 cm³/mol. The summed E-state index contributed by atoms with van der Waals surface area (Å²) in [5.41, 5.74) is 0.460. The van der Waals surface area contributed by atoms with Crippen LogP contribution in [0.4, 0.5) is 0 Å². The zero-order valence-electron chi connectivity index (χ0n) is 17.2. The van der Waals surface area contributed by atoms with E-state index in [2.05, 4.69) is 4.99 Å². The Balaban J connectivity index is 0.00000450. The van der Waals surface area contributed by atoms with Gasteiger partial charge in [-0.3, -0.25) is 0 Å². The molecule has 2 N–H and O–H groups in total. The molecular formula is C20H28KNO7S. The van der Waals surface area contributed by atoms with E-state index in [9.17, 15) is 23.4 Å². The molecule has 1 aliphatic rings. The molecule has 1 aromatic carbocycles. The van der Waals surface area contributed by atoms with Crippen molar-refractivity contribution in [3.05, 3.63) is 35.6 Å². The van der Waals surface area contributed by atoms with Crippen molar-refractivity contribution in [3.63, 3.8) is 0 Å². The maximum absolute atomic E-state index is 11.8. The SMILES string of the molecule is CC[C@]1(C)OC(=N[C@@H](CO)C(=O)O)C(OC(C)C)=C1c1ccc(S(C)(=O)=O)cc1.[KH]. The molecule has 1 aromatic rings. The van der Waals surface area contributed by atoms with Crippen LogP contribution in [-0.2, 0) is 24.1 Å². The van der Waals surface area contributed by atoms with Crippen LogP contribution in [0.2, 0.25) is 0 Å². The second kappa shape index (κ2) is 10.7. The van der Waals surface area contributed by atoms with Crippen LogP contribution in [-0.4, -0.2) is 112 Å². The van der Waals surface area contributed by atoms with Crippen molar-refractivity contribution in [3.8, 4) is 0 Å². The molecule has 0 bridgehead atoms. The average molecular weight is 466 g/mol. The standard InChI is InChI=1S/C20H27NO7S.K.H/c1-6-20(4)16(13-7-9-14(10-8-13)29(5,25)26)17(27-12(2)3)18(28-20)21-15(11-22)19(23)24;;/h7-10,12,15,22H,6,11H2,1-5H3,(H,23,24);;/t15-,20-;;/m0../s1. The molecule has 2 atom stereocenters. The Hall–Kier alpha value is -0.754. The number of sulfone groups is 1. The van der Waals surface area contributed by atoms with Crippen molar-refractivity contribution in [1.29, 1.82) is 0 Å². The summed E-state index contributed by atoms with van der Waals surface area (Å²) in [7, 11) is -3.34. The Bertz CT molecular complexity index is 938. The van der Waals surface area contributed by atoms with Gasteiger partial charge in [-0.15, -0.1) is 0 Å². The van der Waals surface area contributed by atoms with Gasteiger partial charge < -0.3 is 19.7 Å². The van der Waals surface area contributed by atoms with Gasteiger partial charge in [0.05, 0.1) is 23.2 Å². The summed E-state index contributed by atoms with van der Waals surface area (Å²) >= 11 is 0. The minimum atomic E-state index is -3.34. The van der Waals surface area contributed by atoms with Crippen molar-refractivity contribution in [1.82, 2.24) is 0 Å². The van der Waals surface area contributed by atoms with Crippen LogP contribution in [0.5, 0.6) is 0 Å². The zero-order valence-corrected chi connectivity index (χ0v) is 18.0. The topological polar surface area (TPSA) is 122 Å². The normalized spacial score (nSPS) is 21.4. The first-order chi connectivity index (χ1) is 13.4. The molecule has 2 rings (SSSR count). The Kier molecular flexibility index (Phi) is 9.74. The van der Waals surface area contributed by atoms with Crippen LogP contribution in [0.25, 0.3) is 5.57 Å². The van der Waals surface area contributed by atoms with Gasteiger partial charge in [-0.2, -0.15) is 0 Å². The second-order valence-electron chi connectivity index (χ2n) is 7.32. The molecule has 0 amide bonds. The molecule has 30 heavy (non-hydrogen) atoms. The number of carbonyl (C=O) groups is 1. The fourth-order valence-electron chi connectivity index (χ4n) is 2.96. The molecule has 0 saturated heterocycles. The van der Waals surface area contributed by atoms with Crippen molar-refractivity contribution in [2.45, 2.75) is 56.8 Å². The average Bonchev–Trinajstić information content (AvgIpc) is 2.90. The Morgan fingerprint density at radius 3 is 2.23 bits per heavy atom. The second-order valence-corrected chi connectivity index (χ2v) is 9.34. The summed E-state index contributed by atoms with van der Waals surface area (Å²) < 4.78 is 35.5. The van der Waals surface area contributed by atoms with Crippen LogP contribution >= 0.6 is 0 Å². The van der Waals surface area contributed by atoms with E-state index < -0.39 is 34.1 Å². The van der Waals surface area contributed by atoms with Gasteiger partial charge in [-0.25, -0.2) is 18.2 Å². The summed E-state index contributed by atoms with van der Waals surface area (Å²) in [6, 6.07) is 4.95. The fourth-order valence-corrected chi connectivity index (χ4v) is 3.59. The van der Waals surface area contributed by atoms with Gasteiger partial charge in [0.1, 0.15) is 5.60 Å². The van der Waals surface area contributed by atoms with Crippen molar-refractivity contribution < 1.29 is 32.9 Å². The van der Waals surface area contributed by atoms with E-state index in [1.165, 1.54) is 12.1 Å². The number of rotatable bonds is 8. The third kappa shape index (κ3) is 6.15. The number of benzene rings is 1. The number of aliphatic hydroxyl groups excluding tert-OH is 1. The number of carboxylic acid groups (broad SMARTS) is 1. The number of aliphatic hydroxyl groups is 1. The molecule has 162 valence electrons. The number of aliphatic imine (C=N–C) groups is 1. The first kappa shape index (κ1) is 27.3. The van der Waals surface area contributed by atoms with Crippen LogP contribution in [0, 0.1) is 0 Å². The molecule has 0 fully saturated rings. The van der Waals surface area contributed by atoms with Crippen molar-refractivity contribution in [2.24, 2.45) is 4.99 Å². The third-order valence-corrected chi connectivity index (χ3v) is 5.73. The van der Waals surface area contributed by atoms with Gasteiger partial charge in [-0.05, 0) is 44.9 Å². The summed E-state index contributed by atoms with van der Waals surface area (Å²) in [5.74, 6) is -0.987. The monoisotopic (exact) mass is 465 g/mol. The molecule has 0 spiro atoms. The number of aliphatic carboxylic acids is 1. The maximum atomic E-state index is 11.8. The van der Waals surface area contributed by atoms with Gasteiger partial charge in [0.15, 0.2) is 21.6 Å². The summed E-state index contributed by atoms with van der Waals surface area (Å²) in [6.07, 6.45) is 1.41. The van der Waals surface area contributed by atoms with E-state index >= 15 is 0 Å². The Morgan fingerprint density at radius 1 is 1.27 bits per heavy atom. The number of hydrogen-bond donors (Lipinski definition) is 2. The van der Waals surface area contributed by atoms with Crippen LogP contribution in [0.15, 0.2) is 39.9 Å². The van der Waals surface area contributed by atoms with Crippen LogP contribution in [0.3, 0.4) is 0 Å². The van der Waals surface area contributed by atoms with E-state index in [4.69, 9.17) is 9.47 Å². The van der Waals surface area contributed by atoms with Crippen LogP contribution in [0.1, 0.15) is 39.7 Å². The molecule has 0 saturated carbocycles. The summed E-state index contributed by atoms with van der Waals surface area (Å²) in [6.45, 7) is 6.68. The van der Waals surface area contributed by atoms with Gasteiger partial charge in [0.2, 0.25) is 0 Å². The molecule has 0 aliphatic carbocycles. The molecule has 8 nitrogen and oxygen atoms in total. The number of carboxylic acids is 1. The van der Waals surface area contributed by atoms with E-state index in [1.54, 1.807) is 12.1 Å². The zero-order chi connectivity index (χ0) is 22.0. The number of ether oxygens (including phenoxy) is 2. The fraction of sp³-hybridized carbons (Fsp3) is 0.500. The number of hydrogen-bond acceptors (Lipinski definition) is 7. The molecular weight excluding hydrogens is 437 g/mol. The molecule has 0 radical (unpaired) electrons. The molecule has 0 unspecified atom stereocenters.